The summed E-state index contributed by atoms with van der Waals surface area (Å²) in [6.07, 6.45) is 6.74. The molecule has 1 aliphatic heterocycles. The lowest BCUT2D eigenvalue weighted by atomic mass is 9.82. The van der Waals surface area contributed by atoms with Crippen LogP contribution in [0.2, 0.25) is 0 Å². The molecule has 3 N–H and O–H groups in total. The zero-order valence-corrected chi connectivity index (χ0v) is 14.5. The second-order valence-electron chi connectivity index (χ2n) is 6.96. The van der Waals surface area contributed by atoms with Crippen molar-refractivity contribution in [2.24, 2.45) is 11.1 Å². The molecular weight excluding hydrogens is 262 g/mol. The molecule has 0 aliphatic carbocycles. The number of hydrogen-bond donors (Lipinski definition) is 2. The summed E-state index contributed by atoms with van der Waals surface area (Å²) in [5.74, 6) is -0.228. The lowest BCUT2D eigenvalue weighted by Gasteiger charge is -2.29. The first kappa shape index (κ1) is 18.4. The molecular formula is C17H35N3O. The molecule has 1 saturated heterocycles. The van der Waals surface area contributed by atoms with Gasteiger partial charge in [0.25, 0.3) is 0 Å². The highest BCUT2D eigenvalue weighted by molar-refractivity contribution is 5.84. The molecule has 1 aliphatic rings. The molecule has 1 atom stereocenters. The van der Waals surface area contributed by atoms with Crippen molar-refractivity contribution in [2.45, 2.75) is 71.8 Å². The highest BCUT2D eigenvalue weighted by Crippen LogP contribution is 2.37. The topological polar surface area (TPSA) is 58.4 Å². The smallest absolute Gasteiger partial charge is 0.237 e. The summed E-state index contributed by atoms with van der Waals surface area (Å²) in [4.78, 5) is 14.3. The maximum Gasteiger partial charge on any atom is 0.237 e. The van der Waals surface area contributed by atoms with Gasteiger partial charge in [0.2, 0.25) is 5.91 Å². The zero-order valence-electron chi connectivity index (χ0n) is 14.5. The maximum absolute atomic E-state index is 11.7. The first-order valence-corrected chi connectivity index (χ1v) is 8.68. The lowest BCUT2D eigenvalue weighted by molar-refractivity contribution is -0.124. The van der Waals surface area contributed by atoms with Gasteiger partial charge in [0, 0.05) is 6.54 Å². The molecule has 1 amide bonds. The van der Waals surface area contributed by atoms with Crippen LogP contribution in [0.5, 0.6) is 0 Å². The van der Waals surface area contributed by atoms with E-state index in [1.807, 2.05) is 6.92 Å². The number of nitrogens with two attached hydrogens (primary N) is 1. The number of amides is 1. The third kappa shape index (κ3) is 4.96. The van der Waals surface area contributed by atoms with Gasteiger partial charge in [-0.3, -0.25) is 4.79 Å². The van der Waals surface area contributed by atoms with Crippen LogP contribution in [0, 0.1) is 5.41 Å². The van der Waals surface area contributed by atoms with Gasteiger partial charge in [-0.1, -0.05) is 20.8 Å². The van der Waals surface area contributed by atoms with E-state index in [0.29, 0.717) is 5.41 Å². The minimum Gasteiger partial charge on any atom is -0.368 e. The van der Waals surface area contributed by atoms with Crippen LogP contribution in [0.1, 0.15) is 66.2 Å². The average Bonchev–Trinajstić information content (AvgIpc) is 2.89. The van der Waals surface area contributed by atoms with Gasteiger partial charge in [-0.05, 0) is 70.5 Å². The molecule has 0 bridgehead atoms. The van der Waals surface area contributed by atoms with Gasteiger partial charge in [0.05, 0.1) is 5.54 Å². The number of carbonyl (C=O) groups is 1. The molecule has 4 heteroatoms. The summed E-state index contributed by atoms with van der Waals surface area (Å²) in [6, 6.07) is 0. The van der Waals surface area contributed by atoms with Crippen molar-refractivity contribution in [3.8, 4) is 0 Å². The van der Waals surface area contributed by atoms with E-state index in [1.165, 1.54) is 32.4 Å². The van der Waals surface area contributed by atoms with Gasteiger partial charge in [-0.2, -0.15) is 0 Å². The SMILES string of the molecule is CCCNC(C)(CCCN1CCC(CC)(CC)C1)C(N)=O. The van der Waals surface area contributed by atoms with Crippen LogP contribution >= 0.6 is 0 Å². The van der Waals surface area contributed by atoms with Gasteiger partial charge < -0.3 is 16.0 Å². The molecule has 1 heterocycles. The number of primary amides is 1. The third-order valence-electron chi connectivity index (χ3n) is 5.48. The van der Waals surface area contributed by atoms with Crippen LogP contribution in [0.25, 0.3) is 0 Å². The molecule has 0 aromatic carbocycles. The molecule has 0 spiro atoms. The Kier molecular flexibility index (Phi) is 7.14. The second kappa shape index (κ2) is 8.14. The summed E-state index contributed by atoms with van der Waals surface area (Å²) in [5, 5.41) is 3.32. The van der Waals surface area contributed by atoms with Gasteiger partial charge in [-0.25, -0.2) is 0 Å². The molecule has 0 saturated carbocycles. The average molecular weight is 297 g/mol. The van der Waals surface area contributed by atoms with E-state index in [4.69, 9.17) is 5.73 Å². The predicted octanol–water partition coefficient (Wildman–Crippen LogP) is 2.52. The fourth-order valence-electron chi connectivity index (χ4n) is 3.40. The highest BCUT2D eigenvalue weighted by atomic mass is 16.1. The molecule has 0 aromatic heterocycles. The maximum atomic E-state index is 11.7. The van der Waals surface area contributed by atoms with Crippen molar-refractivity contribution < 1.29 is 4.79 Å². The minimum absolute atomic E-state index is 0.228. The van der Waals surface area contributed by atoms with Crippen LogP contribution in [0.3, 0.4) is 0 Å². The highest BCUT2D eigenvalue weighted by Gasteiger charge is 2.35. The Morgan fingerprint density at radius 3 is 2.48 bits per heavy atom. The Morgan fingerprint density at radius 2 is 2.00 bits per heavy atom. The molecule has 1 rings (SSSR count). The number of rotatable bonds is 10. The Labute approximate surface area is 130 Å². The minimum atomic E-state index is -0.553. The molecule has 1 fully saturated rings. The molecule has 1 unspecified atom stereocenters. The summed E-state index contributed by atoms with van der Waals surface area (Å²) in [7, 11) is 0. The van der Waals surface area contributed by atoms with Gasteiger partial charge in [0.1, 0.15) is 0 Å². The molecule has 124 valence electrons. The van der Waals surface area contributed by atoms with Gasteiger partial charge in [0.15, 0.2) is 0 Å². The second-order valence-corrected chi connectivity index (χ2v) is 6.96. The third-order valence-corrected chi connectivity index (χ3v) is 5.48. The summed E-state index contributed by atoms with van der Waals surface area (Å²) < 4.78 is 0. The number of carbonyl (C=O) groups excluding carboxylic acids is 1. The van der Waals surface area contributed by atoms with Gasteiger partial charge in [-0.15, -0.1) is 0 Å². The Hall–Kier alpha value is -0.610. The van der Waals surface area contributed by atoms with Crippen LogP contribution < -0.4 is 11.1 Å². The van der Waals surface area contributed by atoms with E-state index in [9.17, 15) is 4.79 Å². The van der Waals surface area contributed by atoms with E-state index >= 15 is 0 Å². The fourth-order valence-corrected chi connectivity index (χ4v) is 3.40. The van der Waals surface area contributed by atoms with E-state index in [0.717, 1.165) is 32.4 Å². The van der Waals surface area contributed by atoms with Crippen LogP contribution in [0.15, 0.2) is 0 Å². The molecule has 21 heavy (non-hydrogen) atoms. The van der Waals surface area contributed by atoms with Crippen molar-refractivity contribution in [1.82, 2.24) is 10.2 Å². The fraction of sp³-hybridized carbons (Fsp3) is 0.941. The quantitative estimate of drug-likeness (QED) is 0.651. The van der Waals surface area contributed by atoms with Crippen LogP contribution in [0.4, 0.5) is 0 Å². The summed E-state index contributed by atoms with van der Waals surface area (Å²) in [5.41, 5.74) is 5.56. The van der Waals surface area contributed by atoms with Crippen molar-refractivity contribution in [3.63, 3.8) is 0 Å². The molecule has 4 nitrogen and oxygen atoms in total. The number of hydrogen-bond acceptors (Lipinski definition) is 3. The Balaban J connectivity index is 2.40. The summed E-state index contributed by atoms with van der Waals surface area (Å²) in [6.45, 7) is 13.0. The number of likely N-dealkylation sites (tertiary alicyclic amines) is 1. The van der Waals surface area contributed by atoms with E-state index in [1.54, 1.807) is 0 Å². The molecule has 0 radical (unpaired) electrons. The largest absolute Gasteiger partial charge is 0.368 e. The lowest BCUT2D eigenvalue weighted by Crippen LogP contribution is -2.53. The van der Waals surface area contributed by atoms with Crippen LogP contribution in [-0.2, 0) is 4.79 Å². The zero-order chi connectivity index (χ0) is 15.9. The Bertz CT molecular complexity index is 328. The summed E-state index contributed by atoms with van der Waals surface area (Å²) >= 11 is 0. The Morgan fingerprint density at radius 1 is 1.33 bits per heavy atom. The van der Waals surface area contributed by atoms with Gasteiger partial charge >= 0.3 is 0 Å². The van der Waals surface area contributed by atoms with E-state index in [2.05, 4.69) is 31.0 Å². The monoisotopic (exact) mass is 297 g/mol. The standard InChI is InChI=1S/C17H35N3O/c1-5-11-19-16(4,15(18)21)9-8-12-20-13-10-17(6-2,7-3)14-20/h19H,5-14H2,1-4H3,(H2,18,21). The van der Waals surface area contributed by atoms with Crippen molar-refractivity contribution in [1.29, 1.82) is 0 Å². The van der Waals surface area contributed by atoms with E-state index in [-0.39, 0.29) is 5.91 Å². The first-order chi connectivity index (χ1) is 9.91. The molecule has 0 aromatic rings. The predicted molar refractivity (Wildman–Crippen MR) is 89.2 cm³/mol. The number of nitrogens with one attached hydrogen (secondary N) is 1. The van der Waals surface area contributed by atoms with Crippen molar-refractivity contribution >= 4 is 5.91 Å². The van der Waals surface area contributed by atoms with Crippen molar-refractivity contribution in [3.05, 3.63) is 0 Å². The van der Waals surface area contributed by atoms with Crippen molar-refractivity contribution in [2.75, 3.05) is 26.2 Å². The van der Waals surface area contributed by atoms with Crippen LogP contribution in [-0.4, -0.2) is 42.5 Å². The normalized spacial score (nSPS) is 21.3. The first-order valence-electron chi connectivity index (χ1n) is 8.68. The number of nitrogens with zero attached hydrogens (tertiary/aromatic N) is 1. The van der Waals surface area contributed by atoms with E-state index < -0.39 is 5.54 Å².